The van der Waals surface area contributed by atoms with Crippen molar-refractivity contribution in [3.63, 3.8) is 0 Å². The Kier molecular flexibility index (Phi) is 4.61. The van der Waals surface area contributed by atoms with Crippen molar-refractivity contribution in [1.82, 2.24) is 0 Å². The molecule has 0 aromatic heterocycles. The molecule has 1 aliphatic carbocycles. The maximum atomic E-state index is 11.5. The van der Waals surface area contributed by atoms with E-state index in [0.717, 1.165) is 5.06 Å². The third-order valence-corrected chi connectivity index (χ3v) is 2.96. The highest BCUT2D eigenvalue weighted by atomic mass is 35.5. The first-order chi connectivity index (χ1) is 9.61. The van der Waals surface area contributed by atoms with E-state index in [4.69, 9.17) is 16.3 Å². The van der Waals surface area contributed by atoms with Gasteiger partial charge >= 0.3 is 0 Å². The molecule has 0 atom stereocenters. The summed E-state index contributed by atoms with van der Waals surface area (Å²) < 4.78 is 5.23. The summed E-state index contributed by atoms with van der Waals surface area (Å²) in [7, 11) is 0. The van der Waals surface area contributed by atoms with Gasteiger partial charge < -0.3 is 4.74 Å². The van der Waals surface area contributed by atoms with Crippen LogP contribution in [0, 0.1) is 0 Å². The number of carbonyl (C=O) groups is 1. The molecule has 0 heterocycles. The summed E-state index contributed by atoms with van der Waals surface area (Å²) >= 11 is 6.00. The molecule has 5 heteroatoms. The molecule has 0 radical (unpaired) electrons. The Morgan fingerprint density at radius 3 is 2.80 bits per heavy atom. The molecule has 0 bridgehead atoms. The number of halogens is 1. The van der Waals surface area contributed by atoms with Crippen molar-refractivity contribution in [3.8, 4) is 0 Å². The summed E-state index contributed by atoms with van der Waals surface area (Å²) in [6.07, 6.45) is 6.04. The molecule has 0 saturated carbocycles. The molecule has 1 aliphatic rings. The molecule has 1 N–H and O–H groups in total. The Morgan fingerprint density at radius 1 is 1.35 bits per heavy atom. The molecular weight excluding hydrogens is 278 g/mol. The van der Waals surface area contributed by atoms with E-state index in [1.165, 1.54) is 12.3 Å². The number of ketones is 1. The first-order valence-corrected chi connectivity index (χ1v) is 6.51. The molecule has 4 nitrogen and oxygen atoms in total. The van der Waals surface area contributed by atoms with Gasteiger partial charge in [-0.05, 0) is 42.9 Å². The summed E-state index contributed by atoms with van der Waals surface area (Å²) in [4.78, 5) is 11.5. The summed E-state index contributed by atoms with van der Waals surface area (Å²) in [5.74, 6) is 0.0695. The summed E-state index contributed by atoms with van der Waals surface area (Å²) in [6, 6.07) is 6.91. The number of ether oxygens (including phenoxy) is 1. The third kappa shape index (κ3) is 3.29. The first kappa shape index (κ1) is 14.4. The van der Waals surface area contributed by atoms with E-state index in [-0.39, 0.29) is 11.5 Å². The molecule has 0 saturated heterocycles. The van der Waals surface area contributed by atoms with Crippen molar-refractivity contribution >= 4 is 23.1 Å². The van der Waals surface area contributed by atoms with Crippen molar-refractivity contribution in [2.24, 2.45) is 0 Å². The van der Waals surface area contributed by atoms with Gasteiger partial charge in [0.1, 0.15) is 0 Å². The zero-order valence-corrected chi connectivity index (χ0v) is 11.7. The maximum absolute atomic E-state index is 11.5. The molecule has 1 aromatic rings. The van der Waals surface area contributed by atoms with Gasteiger partial charge in [-0.3, -0.25) is 10.0 Å². The predicted molar refractivity (Wildman–Crippen MR) is 77.7 cm³/mol. The van der Waals surface area contributed by atoms with Crippen molar-refractivity contribution in [2.75, 3.05) is 11.7 Å². The molecule has 0 unspecified atom stereocenters. The van der Waals surface area contributed by atoms with E-state index in [0.29, 0.717) is 22.9 Å². The molecule has 0 amide bonds. The molecule has 1 aromatic carbocycles. The number of anilines is 1. The van der Waals surface area contributed by atoms with E-state index in [2.05, 4.69) is 0 Å². The summed E-state index contributed by atoms with van der Waals surface area (Å²) in [6.45, 7) is 2.21. The van der Waals surface area contributed by atoms with Crippen LogP contribution in [0.2, 0.25) is 5.02 Å². The highest BCUT2D eigenvalue weighted by Crippen LogP contribution is 2.25. The van der Waals surface area contributed by atoms with Crippen LogP contribution in [0.1, 0.15) is 6.92 Å². The molecular formula is C15H14ClNO3. The van der Waals surface area contributed by atoms with E-state index in [1.54, 1.807) is 43.3 Å². The highest BCUT2D eigenvalue weighted by molar-refractivity contribution is 6.33. The van der Waals surface area contributed by atoms with Crippen LogP contribution in [-0.2, 0) is 9.53 Å². The first-order valence-electron chi connectivity index (χ1n) is 6.13. The van der Waals surface area contributed by atoms with Crippen LogP contribution in [0.25, 0.3) is 0 Å². The van der Waals surface area contributed by atoms with E-state index < -0.39 is 0 Å². The van der Waals surface area contributed by atoms with Gasteiger partial charge in [0, 0.05) is 6.20 Å². The van der Waals surface area contributed by atoms with Crippen LogP contribution in [-0.4, -0.2) is 17.6 Å². The van der Waals surface area contributed by atoms with Crippen molar-refractivity contribution in [3.05, 3.63) is 65.0 Å². The fourth-order valence-corrected chi connectivity index (χ4v) is 1.94. The molecule has 104 valence electrons. The average Bonchev–Trinajstić information content (AvgIpc) is 2.43. The van der Waals surface area contributed by atoms with Gasteiger partial charge in [-0.25, -0.2) is 5.06 Å². The number of para-hydroxylation sites is 1. The fourth-order valence-electron chi connectivity index (χ4n) is 1.72. The predicted octanol–water partition coefficient (Wildman–Crippen LogP) is 3.48. The number of carbonyl (C=O) groups excluding carboxylic acids is 1. The standard InChI is InChI=1S/C15H14ClNO3/c1-2-20-15-9-11(7-8-14(15)18)10-17(19)13-6-4-3-5-12(13)16/h3-10,19H,2H2,1H3/b11-10+. The number of hydroxylamine groups is 1. The Morgan fingerprint density at radius 2 is 2.10 bits per heavy atom. The van der Waals surface area contributed by atoms with Crippen LogP contribution < -0.4 is 5.06 Å². The molecule has 0 fully saturated rings. The maximum Gasteiger partial charge on any atom is 0.220 e. The lowest BCUT2D eigenvalue weighted by Gasteiger charge is -2.16. The van der Waals surface area contributed by atoms with Gasteiger partial charge in [-0.15, -0.1) is 0 Å². The summed E-state index contributed by atoms with van der Waals surface area (Å²) in [5.41, 5.74) is 1.09. The number of allylic oxidation sites excluding steroid dienone is 4. The minimum absolute atomic E-state index is 0.189. The number of hydrogen-bond acceptors (Lipinski definition) is 4. The highest BCUT2D eigenvalue weighted by Gasteiger charge is 2.13. The van der Waals surface area contributed by atoms with E-state index in [1.807, 2.05) is 0 Å². The average molecular weight is 292 g/mol. The molecule has 2 rings (SSSR count). The Bertz CT molecular complexity index is 605. The fraction of sp³-hybridized carbons (Fsp3) is 0.133. The molecule has 20 heavy (non-hydrogen) atoms. The van der Waals surface area contributed by atoms with Gasteiger partial charge in [0.25, 0.3) is 0 Å². The van der Waals surface area contributed by atoms with Crippen molar-refractivity contribution in [2.45, 2.75) is 6.92 Å². The minimum atomic E-state index is -0.189. The van der Waals surface area contributed by atoms with E-state index in [9.17, 15) is 10.0 Å². The van der Waals surface area contributed by atoms with E-state index >= 15 is 0 Å². The van der Waals surface area contributed by atoms with Crippen molar-refractivity contribution < 1.29 is 14.7 Å². The third-order valence-electron chi connectivity index (χ3n) is 2.64. The van der Waals surface area contributed by atoms with Crippen LogP contribution in [0.5, 0.6) is 0 Å². The second-order valence-electron chi connectivity index (χ2n) is 4.06. The van der Waals surface area contributed by atoms with Gasteiger partial charge in [0.05, 0.1) is 17.3 Å². The van der Waals surface area contributed by atoms with Crippen molar-refractivity contribution in [1.29, 1.82) is 0 Å². The van der Waals surface area contributed by atoms with Gasteiger partial charge in [0.2, 0.25) is 5.78 Å². The summed E-state index contributed by atoms with van der Waals surface area (Å²) in [5, 5.41) is 11.4. The number of hydrogen-bond donors (Lipinski definition) is 1. The number of rotatable bonds is 4. The second-order valence-corrected chi connectivity index (χ2v) is 4.47. The lowest BCUT2D eigenvalue weighted by Crippen LogP contribution is -2.12. The second kappa shape index (κ2) is 6.41. The SMILES string of the molecule is CCOC1=C/C(=C/N(O)c2ccccc2Cl)C=CC1=O. The Hall–Kier alpha value is -2.04. The zero-order chi connectivity index (χ0) is 14.5. The van der Waals surface area contributed by atoms with Gasteiger partial charge in [-0.1, -0.05) is 23.7 Å². The minimum Gasteiger partial charge on any atom is -0.490 e. The topological polar surface area (TPSA) is 49.8 Å². The monoisotopic (exact) mass is 291 g/mol. The number of nitrogens with zero attached hydrogens (tertiary/aromatic N) is 1. The van der Waals surface area contributed by atoms with Crippen LogP contribution >= 0.6 is 11.6 Å². The Balaban J connectivity index is 2.25. The van der Waals surface area contributed by atoms with Crippen LogP contribution in [0.3, 0.4) is 0 Å². The lowest BCUT2D eigenvalue weighted by atomic mass is 10.1. The largest absolute Gasteiger partial charge is 0.490 e. The smallest absolute Gasteiger partial charge is 0.220 e. The van der Waals surface area contributed by atoms with Gasteiger partial charge in [0.15, 0.2) is 5.76 Å². The van der Waals surface area contributed by atoms with Gasteiger partial charge in [-0.2, -0.15) is 0 Å². The van der Waals surface area contributed by atoms with Crippen LogP contribution in [0.15, 0.2) is 60.0 Å². The molecule has 0 aliphatic heterocycles. The normalized spacial score (nSPS) is 16.2. The zero-order valence-electron chi connectivity index (χ0n) is 10.9. The molecule has 0 spiro atoms. The quantitative estimate of drug-likeness (QED) is 0.863. The lowest BCUT2D eigenvalue weighted by molar-refractivity contribution is -0.114. The van der Waals surface area contributed by atoms with Crippen LogP contribution in [0.4, 0.5) is 5.69 Å². The Labute approximate surface area is 122 Å². The number of benzene rings is 1.